The molecule has 0 bridgehead atoms. The summed E-state index contributed by atoms with van der Waals surface area (Å²) in [5.74, 6) is -5.99. The topological polar surface area (TPSA) is 92.5 Å². The van der Waals surface area contributed by atoms with Gasteiger partial charge in [-0.25, -0.2) is 4.98 Å². The Hall–Kier alpha value is -2.91. The third kappa shape index (κ3) is 3.79. The zero-order chi connectivity index (χ0) is 19.8. The van der Waals surface area contributed by atoms with Crippen molar-refractivity contribution in [2.45, 2.75) is 19.1 Å². The third-order valence-electron chi connectivity index (χ3n) is 4.71. The summed E-state index contributed by atoms with van der Waals surface area (Å²) in [6, 6.07) is 6.66. The fraction of sp³-hybridized carbons (Fsp3) is 0.412. The molecule has 27 heavy (non-hydrogen) atoms. The number of rotatable bonds is 4. The Morgan fingerprint density at radius 1 is 1.22 bits per heavy atom. The Kier molecular flexibility index (Phi) is 4.90. The van der Waals surface area contributed by atoms with Gasteiger partial charge in [-0.3, -0.25) is 19.0 Å². The van der Waals surface area contributed by atoms with Gasteiger partial charge in [0, 0.05) is 26.1 Å². The summed E-state index contributed by atoms with van der Waals surface area (Å²) in [5, 5.41) is 9.37. The smallest absolute Gasteiger partial charge is 0.394 e. The largest absolute Gasteiger partial charge is 0.481 e. The van der Waals surface area contributed by atoms with Gasteiger partial charge in [0.1, 0.15) is 0 Å². The van der Waals surface area contributed by atoms with Crippen LogP contribution in [0, 0.1) is 11.8 Å². The minimum absolute atomic E-state index is 0.0551. The molecule has 3 rings (SSSR count). The molecule has 10 heteroatoms. The normalized spacial score (nSPS) is 20.2. The number of aliphatic carboxylic acids is 1. The number of carbonyl (C=O) groups is 2. The molecule has 1 amide bonds. The van der Waals surface area contributed by atoms with E-state index in [1.54, 1.807) is 24.3 Å². The average Bonchev–Trinajstić information content (AvgIpc) is 3.07. The lowest BCUT2D eigenvalue weighted by Gasteiger charge is -2.18. The van der Waals surface area contributed by atoms with E-state index in [0.29, 0.717) is 10.9 Å². The van der Waals surface area contributed by atoms with Crippen LogP contribution in [0.2, 0.25) is 0 Å². The minimum Gasteiger partial charge on any atom is -0.481 e. The molecule has 2 aromatic rings. The predicted molar refractivity (Wildman–Crippen MR) is 87.9 cm³/mol. The molecule has 7 nitrogen and oxygen atoms in total. The molecular weight excluding hydrogens is 367 g/mol. The number of halogens is 3. The van der Waals surface area contributed by atoms with Crippen LogP contribution in [0.3, 0.4) is 0 Å². The van der Waals surface area contributed by atoms with Crippen molar-refractivity contribution in [1.29, 1.82) is 0 Å². The number of likely N-dealkylation sites (tertiary alicyclic amines) is 1. The van der Waals surface area contributed by atoms with Gasteiger partial charge in [-0.2, -0.15) is 13.2 Å². The molecule has 1 fully saturated rings. The van der Waals surface area contributed by atoms with Crippen LogP contribution in [0.15, 0.2) is 35.4 Å². The molecule has 2 atom stereocenters. The molecule has 1 aliphatic rings. The Morgan fingerprint density at radius 2 is 1.93 bits per heavy atom. The molecule has 0 saturated carbocycles. The van der Waals surface area contributed by atoms with Crippen molar-refractivity contribution in [3.8, 4) is 0 Å². The predicted octanol–water partition coefficient (Wildman–Crippen LogP) is 1.51. The number of carboxylic acid groups (broad SMARTS) is 1. The maximum Gasteiger partial charge on any atom is 0.394 e. The lowest BCUT2D eigenvalue weighted by Crippen LogP contribution is -2.34. The number of hydrogen-bond donors (Lipinski definition) is 1. The van der Waals surface area contributed by atoms with Gasteiger partial charge in [-0.1, -0.05) is 12.1 Å². The Bertz CT molecular complexity index is 941. The van der Waals surface area contributed by atoms with Crippen LogP contribution in [-0.2, 0) is 16.1 Å². The fourth-order valence-electron chi connectivity index (χ4n) is 3.23. The van der Waals surface area contributed by atoms with Crippen LogP contribution < -0.4 is 5.56 Å². The van der Waals surface area contributed by atoms with Gasteiger partial charge in [-0.15, -0.1) is 0 Å². The van der Waals surface area contributed by atoms with Crippen molar-refractivity contribution in [2.24, 2.45) is 11.8 Å². The van der Waals surface area contributed by atoms with E-state index >= 15 is 0 Å². The average molecular weight is 383 g/mol. The number of para-hydroxylation sites is 1. The second-order valence-electron chi connectivity index (χ2n) is 6.40. The summed E-state index contributed by atoms with van der Waals surface area (Å²) in [7, 11) is 0. The van der Waals surface area contributed by atoms with Gasteiger partial charge in [0.2, 0.25) is 5.91 Å². The van der Waals surface area contributed by atoms with Crippen LogP contribution in [0.25, 0.3) is 10.9 Å². The maximum absolute atomic E-state index is 13.0. The van der Waals surface area contributed by atoms with Crippen LogP contribution in [0.4, 0.5) is 13.2 Å². The SMILES string of the molecule is O=C(O)[C@@H]1CN(C(=O)CCn2cnc3ccccc3c2=O)C[C@H]1C(F)(F)F. The molecule has 0 spiro atoms. The molecule has 144 valence electrons. The zero-order valence-electron chi connectivity index (χ0n) is 14.0. The Morgan fingerprint density at radius 3 is 2.56 bits per heavy atom. The van der Waals surface area contributed by atoms with E-state index in [9.17, 15) is 27.6 Å². The molecular formula is C17H16F3N3O4. The first-order chi connectivity index (χ1) is 12.7. The highest BCUT2D eigenvalue weighted by Gasteiger charge is 2.53. The second kappa shape index (κ2) is 7.01. The van der Waals surface area contributed by atoms with Gasteiger partial charge in [0.25, 0.3) is 5.56 Å². The molecule has 1 aliphatic heterocycles. The third-order valence-corrected chi connectivity index (χ3v) is 4.71. The number of hydrogen-bond acceptors (Lipinski definition) is 4. The van der Waals surface area contributed by atoms with Crippen molar-refractivity contribution >= 4 is 22.8 Å². The summed E-state index contributed by atoms with van der Waals surface area (Å²) in [6.45, 7) is -1.24. The molecule has 1 saturated heterocycles. The van der Waals surface area contributed by atoms with Gasteiger partial charge in [0.15, 0.2) is 0 Å². The van der Waals surface area contributed by atoms with E-state index in [-0.39, 0.29) is 18.5 Å². The van der Waals surface area contributed by atoms with Crippen molar-refractivity contribution in [3.05, 3.63) is 40.9 Å². The number of carboxylic acids is 1. The first-order valence-corrected chi connectivity index (χ1v) is 8.20. The fourth-order valence-corrected chi connectivity index (χ4v) is 3.23. The molecule has 0 unspecified atom stereocenters. The van der Waals surface area contributed by atoms with Gasteiger partial charge < -0.3 is 10.0 Å². The van der Waals surface area contributed by atoms with E-state index in [4.69, 9.17) is 5.11 Å². The highest BCUT2D eigenvalue weighted by Crippen LogP contribution is 2.37. The van der Waals surface area contributed by atoms with E-state index < -0.39 is 43.0 Å². The maximum atomic E-state index is 13.0. The van der Waals surface area contributed by atoms with Crippen LogP contribution in [0.1, 0.15) is 6.42 Å². The zero-order valence-corrected chi connectivity index (χ0v) is 14.0. The summed E-state index contributed by atoms with van der Waals surface area (Å²) in [4.78, 5) is 40.7. The van der Waals surface area contributed by atoms with Crippen LogP contribution >= 0.6 is 0 Å². The molecule has 1 aromatic heterocycles. The van der Waals surface area contributed by atoms with Crippen molar-refractivity contribution < 1.29 is 27.9 Å². The lowest BCUT2D eigenvalue weighted by molar-refractivity contribution is -0.188. The second-order valence-corrected chi connectivity index (χ2v) is 6.40. The van der Waals surface area contributed by atoms with Gasteiger partial charge in [-0.05, 0) is 12.1 Å². The Labute approximate surface area is 151 Å². The van der Waals surface area contributed by atoms with Crippen LogP contribution in [-0.4, -0.2) is 50.7 Å². The molecule has 1 aromatic carbocycles. The summed E-state index contributed by atoms with van der Waals surface area (Å²) < 4.78 is 40.2. The first kappa shape index (κ1) is 18.9. The van der Waals surface area contributed by atoms with Crippen molar-refractivity contribution in [1.82, 2.24) is 14.5 Å². The number of carbonyl (C=O) groups excluding carboxylic acids is 1. The van der Waals surface area contributed by atoms with Gasteiger partial charge in [0.05, 0.1) is 29.1 Å². The minimum atomic E-state index is -4.70. The quantitative estimate of drug-likeness (QED) is 0.864. The number of alkyl halides is 3. The molecule has 0 radical (unpaired) electrons. The number of nitrogens with zero attached hydrogens (tertiary/aromatic N) is 3. The standard InChI is InChI=1S/C17H16F3N3O4/c18-17(19,20)12-8-23(7-11(12)16(26)27)14(24)5-6-22-9-21-13-4-2-1-3-10(13)15(22)25/h1-4,9,11-12H,5-8H2,(H,26,27)/t11-,12-/m1/s1. The van der Waals surface area contributed by atoms with Crippen LogP contribution in [0.5, 0.6) is 0 Å². The number of aryl methyl sites for hydroxylation is 1. The number of aromatic nitrogens is 2. The van der Waals surface area contributed by atoms with Crippen molar-refractivity contribution in [2.75, 3.05) is 13.1 Å². The highest BCUT2D eigenvalue weighted by atomic mass is 19.4. The van der Waals surface area contributed by atoms with Crippen molar-refractivity contribution in [3.63, 3.8) is 0 Å². The van der Waals surface area contributed by atoms with E-state index in [1.165, 1.54) is 10.9 Å². The van der Waals surface area contributed by atoms with E-state index in [0.717, 1.165) is 4.90 Å². The number of amides is 1. The molecule has 1 N–H and O–H groups in total. The summed E-state index contributed by atoms with van der Waals surface area (Å²) in [6.07, 6.45) is -3.64. The van der Waals surface area contributed by atoms with E-state index in [1.807, 2.05) is 0 Å². The summed E-state index contributed by atoms with van der Waals surface area (Å²) in [5.41, 5.74) is 0.147. The summed E-state index contributed by atoms with van der Waals surface area (Å²) >= 11 is 0. The van der Waals surface area contributed by atoms with E-state index in [2.05, 4.69) is 4.98 Å². The first-order valence-electron chi connectivity index (χ1n) is 8.20. The number of fused-ring (bicyclic) bond motifs is 1. The number of benzene rings is 1. The molecule has 0 aliphatic carbocycles. The van der Waals surface area contributed by atoms with Gasteiger partial charge >= 0.3 is 12.1 Å². The highest BCUT2D eigenvalue weighted by molar-refractivity contribution is 5.79. The Balaban J connectivity index is 1.71. The molecule has 2 heterocycles. The lowest BCUT2D eigenvalue weighted by atomic mass is 9.96. The monoisotopic (exact) mass is 383 g/mol.